The van der Waals surface area contributed by atoms with E-state index < -0.39 is 31.2 Å². The van der Waals surface area contributed by atoms with Crippen LogP contribution in [-0.2, 0) is 22.8 Å². The number of ether oxygens (including phenoxy) is 2. The van der Waals surface area contributed by atoms with Crippen molar-refractivity contribution in [2.45, 2.75) is 83.5 Å². The van der Waals surface area contributed by atoms with Gasteiger partial charge in [-0.15, -0.1) is 0 Å². The lowest BCUT2D eigenvalue weighted by atomic mass is 10.0. The highest BCUT2D eigenvalue weighted by atomic mass is 28.4. The fourth-order valence-corrected chi connectivity index (χ4v) is 5.72. The summed E-state index contributed by atoms with van der Waals surface area (Å²) in [5, 5.41) is 0. The maximum atomic E-state index is 6.51. The molecule has 1 rings (SSSR count). The summed E-state index contributed by atoms with van der Waals surface area (Å²) in [6.07, 6.45) is -1.43. The molecule has 0 aromatic rings. The van der Waals surface area contributed by atoms with Gasteiger partial charge in [0.25, 0.3) is 0 Å². The van der Waals surface area contributed by atoms with Gasteiger partial charge in [0.05, 0.1) is 0 Å². The molecular formula is C16H36O5Si3. The van der Waals surface area contributed by atoms with E-state index in [0.717, 1.165) is 0 Å². The van der Waals surface area contributed by atoms with Gasteiger partial charge in [-0.3, -0.25) is 0 Å². The van der Waals surface area contributed by atoms with Crippen molar-refractivity contribution in [3.63, 3.8) is 0 Å². The van der Waals surface area contributed by atoms with Crippen molar-refractivity contribution < 1.29 is 22.8 Å². The molecule has 1 aliphatic heterocycles. The summed E-state index contributed by atoms with van der Waals surface area (Å²) in [5.74, 6) is 0.572. The van der Waals surface area contributed by atoms with Crippen molar-refractivity contribution in [3.8, 4) is 0 Å². The van der Waals surface area contributed by atoms with Crippen LogP contribution in [0.15, 0.2) is 12.3 Å². The summed E-state index contributed by atoms with van der Waals surface area (Å²) in [7, 11) is -3.85. The largest absolute Gasteiger partial charge is 0.464 e. The van der Waals surface area contributed by atoms with Crippen LogP contribution in [0, 0.1) is 0 Å². The lowest BCUT2D eigenvalue weighted by Gasteiger charge is -2.47. The third-order valence-corrected chi connectivity index (χ3v) is 6.09. The van der Waals surface area contributed by atoms with Crippen LogP contribution in [0.4, 0.5) is 0 Å². The molecule has 24 heavy (non-hydrogen) atoms. The SMILES string of the molecule is C=C1O[C@H](OC)[C@@H](O[Si](C)(C)C)[C@@H](O[Si](C)(C)C)[C@@H]1O[Si](C)(C)C. The second-order valence-electron chi connectivity index (χ2n) is 9.23. The highest BCUT2D eigenvalue weighted by molar-refractivity contribution is 6.70. The molecule has 0 aliphatic carbocycles. The van der Waals surface area contributed by atoms with Crippen LogP contribution in [0.3, 0.4) is 0 Å². The summed E-state index contributed by atoms with van der Waals surface area (Å²) in [6, 6.07) is 0. The molecule has 0 saturated carbocycles. The van der Waals surface area contributed by atoms with Crippen LogP contribution in [0.2, 0.25) is 58.9 Å². The zero-order chi connectivity index (χ0) is 18.9. The van der Waals surface area contributed by atoms with E-state index in [1.165, 1.54) is 0 Å². The molecule has 1 heterocycles. The average Bonchev–Trinajstić information content (AvgIpc) is 2.32. The third kappa shape index (κ3) is 7.11. The van der Waals surface area contributed by atoms with E-state index in [9.17, 15) is 0 Å². The minimum absolute atomic E-state index is 0.263. The Morgan fingerprint density at radius 1 is 0.750 bits per heavy atom. The van der Waals surface area contributed by atoms with Gasteiger partial charge in [0.1, 0.15) is 24.1 Å². The maximum Gasteiger partial charge on any atom is 0.227 e. The van der Waals surface area contributed by atoms with Crippen molar-refractivity contribution in [1.29, 1.82) is 0 Å². The Morgan fingerprint density at radius 2 is 1.17 bits per heavy atom. The van der Waals surface area contributed by atoms with Crippen LogP contribution < -0.4 is 0 Å². The Morgan fingerprint density at radius 3 is 1.54 bits per heavy atom. The fourth-order valence-electron chi connectivity index (χ4n) is 2.56. The quantitative estimate of drug-likeness (QED) is 0.609. The van der Waals surface area contributed by atoms with Gasteiger partial charge in [-0.1, -0.05) is 6.58 Å². The highest BCUT2D eigenvalue weighted by Crippen LogP contribution is 2.34. The molecule has 0 N–H and O–H groups in total. The summed E-state index contributed by atoms with van der Waals surface area (Å²) in [5.41, 5.74) is 0. The van der Waals surface area contributed by atoms with Gasteiger partial charge in [0.2, 0.25) is 6.29 Å². The number of methoxy groups -OCH3 is 1. The maximum absolute atomic E-state index is 6.51. The molecule has 0 aromatic heterocycles. The normalized spacial score (nSPS) is 29.5. The molecule has 142 valence electrons. The lowest BCUT2D eigenvalue weighted by molar-refractivity contribution is -0.223. The molecule has 1 aliphatic rings. The molecule has 0 bridgehead atoms. The molecular weight excluding hydrogens is 356 g/mol. The Labute approximate surface area is 151 Å². The van der Waals surface area contributed by atoms with Crippen LogP contribution in [-0.4, -0.2) is 56.7 Å². The van der Waals surface area contributed by atoms with Gasteiger partial charge < -0.3 is 22.8 Å². The predicted molar refractivity (Wildman–Crippen MR) is 106 cm³/mol. The van der Waals surface area contributed by atoms with E-state index in [-0.39, 0.29) is 18.3 Å². The molecule has 1 fully saturated rings. The van der Waals surface area contributed by atoms with Gasteiger partial charge in [-0.05, 0) is 58.9 Å². The van der Waals surface area contributed by atoms with Gasteiger partial charge in [-0.25, -0.2) is 0 Å². The van der Waals surface area contributed by atoms with Crippen molar-refractivity contribution in [1.82, 2.24) is 0 Å². The minimum Gasteiger partial charge on any atom is -0.464 e. The molecule has 8 heteroatoms. The van der Waals surface area contributed by atoms with Gasteiger partial charge >= 0.3 is 0 Å². The summed E-state index contributed by atoms with van der Waals surface area (Å²) in [4.78, 5) is 0. The average molecular weight is 393 g/mol. The first-order chi connectivity index (χ1) is 10.6. The second kappa shape index (κ2) is 7.73. The standard InChI is InChI=1S/C16H36O5Si3/c1-12-13(19-22(3,4)5)14(20-23(6,7)8)15(16(17-2)18-12)21-24(9,10)11/h13-16H,1H2,2-11H3/t13-,14+,15+,16+/m1/s1. The second-order valence-corrected chi connectivity index (χ2v) is 22.6. The minimum atomic E-state index is -1.83. The summed E-state index contributed by atoms with van der Waals surface area (Å²) < 4.78 is 30.8. The van der Waals surface area contributed by atoms with E-state index in [2.05, 4.69) is 65.5 Å². The molecule has 0 radical (unpaired) electrons. The van der Waals surface area contributed by atoms with Crippen molar-refractivity contribution in [3.05, 3.63) is 12.3 Å². The molecule has 0 unspecified atom stereocenters. The molecule has 0 amide bonds. The van der Waals surface area contributed by atoms with Gasteiger partial charge in [0.15, 0.2) is 25.0 Å². The first-order valence-corrected chi connectivity index (χ1v) is 18.8. The van der Waals surface area contributed by atoms with E-state index in [0.29, 0.717) is 5.76 Å². The Kier molecular flexibility index (Phi) is 7.11. The Hall–Kier alpha value is 0.0306. The topological polar surface area (TPSA) is 46.2 Å². The van der Waals surface area contributed by atoms with Crippen LogP contribution in [0.1, 0.15) is 0 Å². The number of hydrogen-bond donors (Lipinski definition) is 0. The number of rotatable bonds is 7. The van der Waals surface area contributed by atoms with Crippen molar-refractivity contribution >= 4 is 25.0 Å². The van der Waals surface area contributed by atoms with E-state index in [1.54, 1.807) is 7.11 Å². The van der Waals surface area contributed by atoms with E-state index in [1.807, 2.05) is 0 Å². The fraction of sp³-hybridized carbons (Fsp3) is 0.875. The molecule has 0 aromatic carbocycles. The van der Waals surface area contributed by atoms with Crippen LogP contribution >= 0.6 is 0 Å². The predicted octanol–water partition coefficient (Wildman–Crippen LogP) is 4.16. The Balaban J connectivity index is 3.23. The van der Waals surface area contributed by atoms with Crippen molar-refractivity contribution in [2.24, 2.45) is 0 Å². The Bertz CT molecular complexity index is 436. The first kappa shape index (κ1) is 22.1. The molecule has 4 atom stereocenters. The zero-order valence-electron chi connectivity index (χ0n) is 17.1. The molecule has 5 nitrogen and oxygen atoms in total. The monoisotopic (exact) mass is 392 g/mol. The van der Waals surface area contributed by atoms with Crippen molar-refractivity contribution in [2.75, 3.05) is 7.11 Å². The summed E-state index contributed by atoms with van der Waals surface area (Å²) in [6.45, 7) is 23.5. The van der Waals surface area contributed by atoms with Crippen LogP contribution in [0.25, 0.3) is 0 Å². The number of hydrogen-bond acceptors (Lipinski definition) is 5. The van der Waals surface area contributed by atoms with E-state index >= 15 is 0 Å². The summed E-state index contributed by atoms with van der Waals surface area (Å²) >= 11 is 0. The highest BCUT2D eigenvalue weighted by Gasteiger charge is 2.49. The smallest absolute Gasteiger partial charge is 0.227 e. The third-order valence-electron chi connectivity index (χ3n) is 3.17. The molecule has 1 saturated heterocycles. The van der Waals surface area contributed by atoms with Gasteiger partial charge in [0, 0.05) is 7.11 Å². The first-order valence-electron chi connectivity index (χ1n) is 8.55. The van der Waals surface area contributed by atoms with Crippen LogP contribution in [0.5, 0.6) is 0 Å². The van der Waals surface area contributed by atoms with Gasteiger partial charge in [-0.2, -0.15) is 0 Å². The lowest BCUT2D eigenvalue weighted by Crippen LogP contribution is -2.61. The molecule has 0 spiro atoms. The van der Waals surface area contributed by atoms with E-state index in [4.69, 9.17) is 22.8 Å². The zero-order valence-corrected chi connectivity index (χ0v) is 20.1.